The molecule has 96 valence electrons. The van der Waals surface area contributed by atoms with Crippen LogP contribution in [0.15, 0.2) is 18.3 Å². The Morgan fingerprint density at radius 3 is 2.76 bits per heavy atom. The highest BCUT2D eigenvalue weighted by atomic mass is 16.5. The van der Waals surface area contributed by atoms with Gasteiger partial charge in [-0.05, 0) is 32.6 Å². The van der Waals surface area contributed by atoms with Crippen LogP contribution in [0.2, 0.25) is 0 Å². The summed E-state index contributed by atoms with van der Waals surface area (Å²) in [5.74, 6) is 0. The number of rotatable bonds is 8. The van der Waals surface area contributed by atoms with Crippen molar-refractivity contribution >= 4 is 0 Å². The summed E-state index contributed by atoms with van der Waals surface area (Å²) in [7, 11) is 4.10. The molecule has 0 amide bonds. The van der Waals surface area contributed by atoms with Gasteiger partial charge in [-0.1, -0.05) is 6.07 Å². The predicted octanol–water partition coefficient (Wildman–Crippen LogP) is 1.06. The van der Waals surface area contributed by atoms with Crippen LogP contribution in [0.3, 0.4) is 0 Å². The van der Waals surface area contributed by atoms with Crippen LogP contribution in [0.25, 0.3) is 0 Å². The van der Waals surface area contributed by atoms with Crippen molar-refractivity contribution in [3.05, 3.63) is 29.6 Å². The van der Waals surface area contributed by atoms with Crippen molar-refractivity contribution in [1.29, 1.82) is 0 Å². The van der Waals surface area contributed by atoms with Gasteiger partial charge in [-0.15, -0.1) is 0 Å². The molecular weight excluding hydrogens is 214 g/mol. The Hall–Kier alpha value is -0.970. The lowest BCUT2D eigenvalue weighted by Crippen LogP contribution is -2.23. The zero-order valence-electron chi connectivity index (χ0n) is 11.1. The van der Waals surface area contributed by atoms with E-state index in [1.807, 2.05) is 33.3 Å². The zero-order chi connectivity index (χ0) is 12.5. The van der Waals surface area contributed by atoms with Gasteiger partial charge < -0.3 is 15.0 Å². The van der Waals surface area contributed by atoms with E-state index in [2.05, 4.69) is 21.3 Å². The number of aromatic nitrogens is 1. The van der Waals surface area contributed by atoms with Gasteiger partial charge in [0.2, 0.25) is 0 Å². The minimum absolute atomic E-state index is 0.757. The number of hydrogen-bond acceptors (Lipinski definition) is 4. The lowest BCUT2D eigenvalue weighted by molar-refractivity contribution is 0.119. The van der Waals surface area contributed by atoms with Crippen molar-refractivity contribution in [2.75, 3.05) is 40.4 Å². The fraction of sp³-hybridized carbons (Fsp3) is 0.615. The van der Waals surface area contributed by atoms with Crippen LogP contribution < -0.4 is 5.32 Å². The number of hydrogen-bond donors (Lipinski definition) is 1. The van der Waals surface area contributed by atoms with Crippen molar-refractivity contribution in [1.82, 2.24) is 15.2 Å². The molecule has 0 aliphatic rings. The first-order valence-electron chi connectivity index (χ1n) is 6.03. The summed E-state index contributed by atoms with van der Waals surface area (Å²) in [5, 5.41) is 3.33. The van der Waals surface area contributed by atoms with Gasteiger partial charge >= 0.3 is 0 Å². The van der Waals surface area contributed by atoms with Gasteiger partial charge in [0.15, 0.2) is 0 Å². The second-order valence-corrected chi connectivity index (χ2v) is 4.40. The van der Waals surface area contributed by atoms with Crippen molar-refractivity contribution in [2.24, 2.45) is 0 Å². The van der Waals surface area contributed by atoms with Crippen LogP contribution in [-0.2, 0) is 11.3 Å². The van der Waals surface area contributed by atoms with Crippen molar-refractivity contribution in [2.45, 2.75) is 13.5 Å². The Labute approximate surface area is 104 Å². The summed E-state index contributed by atoms with van der Waals surface area (Å²) in [4.78, 5) is 6.37. The smallest absolute Gasteiger partial charge is 0.0593 e. The minimum atomic E-state index is 0.757. The maximum Gasteiger partial charge on any atom is 0.0593 e. The van der Waals surface area contributed by atoms with E-state index in [0.29, 0.717) is 0 Å². The van der Waals surface area contributed by atoms with E-state index in [1.54, 1.807) is 0 Å². The van der Waals surface area contributed by atoms with Crippen molar-refractivity contribution in [3.8, 4) is 0 Å². The van der Waals surface area contributed by atoms with E-state index in [0.717, 1.165) is 38.5 Å². The molecule has 4 nitrogen and oxygen atoms in total. The molecule has 1 N–H and O–H groups in total. The standard InChI is InChI=1S/C13H23N3O/c1-12-4-5-13(11-15-12)10-14-6-8-17-9-7-16(2)3/h4-5,11,14H,6-10H2,1-3H3. The first kappa shape index (κ1) is 14.1. The third-order valence-electron chi connectivity index (χ3n) is 2.41. The van der Waals surface area contributed by atoms with Gasteiger partial charge in [0.1, 0.15) is 0 Å². The summed E-state index contributed by atoms with van der Waals surface area (Å²) in [6, 6.07) is 4.13. The summed E-state index contributed by atoms with van der Waals surface area (Å²) in [6.07, 6.45) is 1.91. The molecule has 0 fully saturated rings. The molecule has 0 saturated heterocycles. The van der Waals surface area contributed by atoms with Crippen LogP contribution in [0, 0.1) is 6.92 Å². The number of likely N-dealkylation sites (N-methyl/N-ethyl adjacent to an activating group) is 1. The molecule has 0 unspecified atom stereocenters. The van der Waals surface area contributed by atoms with Crippen LogP contribution in [0.4, 0.5) is 0 Å². The topological polar surface area (TPSA) is 37.4 Å². The van der Waals surface area contributed by atoms with Crippen molar-refractivity contribution < 1.29 is 4.74 Å². The van der Waals surface area contributed by atoms with E-state index < -0.39 is 0 Å². The first-order chi connectivity index (χ1) is 8.18. The SMILES string of the molecule is Cc1ccc(CNCCOCCN(C)C)cn1. The molecule has 1 aromatic rings. The number of pyridine rings is 1. The molecule has 0 bridgehead atoms. The highest BCUT2D eigenvalue weighted by Gasteiger charge is 1.94. The van der Waals surface area contributed by atoms with E-state index >= 15 is 0 Å². The summed E-state index contributed by atoms with van der Waals surface area (Å²) < 4.78 is 5.48. The minimum Gasteiger partial charge on any atom is -0.379 e. The quantitative estimate of drug-likeness (QED) is 0.686. The molecule has 1 rings (SSSR count). The number of aryl methyl sites for hydroxylation is 1. The third kappa shape index (κ3) is 7.05. The van der Waals surface area contributed by atoms with E-state index in [4.69, 9.17) is 4.74 Å². The van der Waals surface area contributed by atoms with Crippen LogP contribution in [0.5, 0.6) is 0 Å². The fourth-order valence-corrected chi connectivity index (χ4v) is 1.33. The van der Waals surface area contributed by atoms with Gasteiger partial charge in [-0.2, -0.15) is 0 Å². The van der Waals surface area contributed by atoms with Gasteiger partial charge in [0, 0.05) is 31.5 Å². The summed E-state index contributed by atoms with van der Waals surface area (Å²) in [5.41, 5.74) is 2.27. The second-order valence-electron chi connectivity index (χ2n) is 4.40. The van der Waals surface area contributed by atoms with Crippen LogP contribution >= 0.6 is 0 Å². The third-order valence-corrected chi connectivity index (χ3v) is 2.41. The van der Waals surface area contributed by atoms with E-state index in [-0.39, 0.29) is 0 Å². The monoisotopic (exact) mass is 237 g/mol. The van der Waals surface area contributed by atoms with Gasteiger partial charge in [-0.25, -0.2) is 0 Å². The van der Waals surface area contributed by atoms with Crippen LogP contribution in [-0.4, -0.2) is 50.3 Å². The zero-order valence-corrected chi connectivity index (χ0v) is 11.1. The molecule has 0 saturated carbocycles. The van der Waals surface area contributed by atoms with Gasteiger partial charge in [-0.3, -0.25) is 4.98 Å². The molecular formula is C13H23N3O. The maximum absolute atomic E-state index is 5.48. The van der Waals surface area contributed by atoms with E-state index in [1.165, 1.54) is 5.56 Å². The molecule has 0 aliphatic carbocycles. The molecule has 4 heteroatoms. The predicted molar refractivity (Wildman–Crippen MR) is 70.1 cm³/mol. The van der Waals surface area contributed by atoms with E-state index in [9.17, 15) is 0 Å². The average Bonchev–Trinajstić information content (AvgIpc) is 2.30. The normalized spacial score (nSPS) is 11.1. The highest BCUT2D eigenvalue weighted by molar-refractivity contribution is 5.12. The Balaban J connectivity index is 1.99. The number of ether oxygens (including phenoxy) is 1. The Morgan fingerprint density at radius 1 is 1.29 bits per heavy atom. The second kappa shape index (κ2) is 8.17. The average molecular weight is 237 g/mol. The van der Waals surface area contributed by atoms with Crippen molar-refractivity contribution in [3.63, 3.8) is 0 Å². The Morgan fingerprint density at radius 2 is 2.12 bits per heavy atom. The Bertz CT molecular complexity index is 298. The van der Waals surface area contributed by atoms with Gasteiger partial charge in [0.25, 0.3) is 0 Å². The lowest BCUT2D eigenvalue weighted by Gasteiger charge is -2.10. The molecule has 0 aliphatic heterocycles. The molecule has 17 heavy (non-hydrogen) atoms. The molecule has 0 aromatic carbocycles. The summed E-state index contributed by atoms with van der Waals surface area (Å²) in [6.45, 7) is 6.25. The number of nitrogens with zero attached hydrogens (tertiary/aromatic N) is 2. The highest BCUT2D eigenvalue weighted by Crippen LogP contribution is 1.97. The molecule has 1 heterocycles. The van der Waals surface area contributed by atoms with Gasteiger partial charge in [0.05, 0.1) is 13.2 Å². The molecule has 0 atom stereocenters. The maximum atomic E-state index is 5.48. The summed E-state index contributed by atoms with van der Waals surface area (Å²) >= 11 is 0. The lowest BCUT2D eigenvalue weighted by atomic mass is 10.2. The first-order valence-corrected chi connectivity index (χ1v) is 6.03. The molecule has 0 radical (unpaired) electrons. The number of nitrogens with one attached hydrogen (secondary N) is 1. The molecule has 0 spiro atoms. The largest absolute Gasteiger partial charge is 0.379 e. The Kier molecular flexibility index (Phi) is 6.77. The van der Waals surface area contributed by atoms with Crippen LogP contribution in [0.1, 0.15) is 11.3 Å². The molecule has 1 aromatic heterocycles. The fourth-order valence-electron chi connectivity index (χ4n) is 1.33.